The molecule has 0 spiro atoms. The molecule has 1 aliphatic heterocycles. The van der Waals surface area contributed by atoms with E-state index in [1.54, 1.807) is 42.7 Å². The van der Waals surface area contributed by atoms with E-state index in [1.165, 1.54) is 31.2 Å². The van der Waals surface area contributed by atoms with Crippen molar-refractivity contribution in [2.24, 2.45) is 0 Å². The lowest BCUT2D eigenvalue weighted by Crippen LogP contribution is -2.32. The Morgan fingerprint density at radius 1 is 0.561 bits per heavy atom. The van der Waals surface area contributed by atoms with Gasteiger partial charge in [0.25, 0.3) is 0 Å². The van der Waals surface area contributed by atoms with Crippen molar-refractivity contribution >= 4 is 5.69 Å². The molecule has 0 bridgehead atoms. The van der Waals surface area contributed by atoms with Crippen molar-refractivity contribution in [2.45, 2.75) is 64.1 Å². The molecule has 0 saturated heterocycles. The second-order valence-corrected chi connectivity index (χ2v) is 13.8. The molecule has 1 unspecified atom stereocenters. The molecule has 5 aromatic rings. The Morgan fingerprint density at radius 3 is 1.84 bits per heavy atom. The summed E-state index contributed by atoms with van der Waals surface area (Å²) in [5, 5.41) is 11.4. The molecule has 0 radical (unpaired) electrons. The van der Waals surface area contributed by atoms with Gasteiger partial charge in [-0.25, -0.2) is 0 Å². The normalized spacial score (nSPS) is 13.3. The van der Waals surface area contributed by atoms with Crippen molar-refractivity contribution in [3.05, 3.63) is 83.9 Å². The number of hydrogen-bond acceptors (Lipinski definition) is 12. The highest BCUT2D eigenvalue weighted by atomic mass is 16.5. The molecule has 4 aromatic carbocycles. The Bertz CT molecular complexity index is 2020. The number of aromatic nitrogens is 1. The highest BCUT2D eigenvalue weighted by Crippen LogP contribution is 2.42. The first-order chi connectivity index (χ1) is 28.0. The summed E-state index contributed by atoms with van der Waals surface area (Å²) in [5.74, 6) is 5.87. The third-order valence-electron chi connectivity index (χ3n) is 10.1. The summed E-state index contributed by atoms with van der Waals surface area (Å²) in [7, 11) is 9.75. The second-order valence-electron chi connectivity index (χ2n) is 13.8. The monoisotopic (exact) mass is 781 g/mol. The fraction of sp³-hybridized carbons (Fsp3) is 0.400. The van der Waals surface area contributed by atoms with Crippen LogP contribution in [0.2, 0.25) is 0 Å². The van der Waals surface area contributed by atoms with Crippen molar-refractivity contribution in [1.29, 1.82) is 0 Å². The van der Waals surface area contributed by atoms with Gasteiger partial charge in [0, 0.05) is 29.4 Å². The minimum atomic E-state index is -0.0214. The van der Waals surface area contributed by atoms with Crippen LogP contribution in [-0.2, 0) is 6.54 Å². The molecule has 0 amide bonds. The van der Waals surface area contributed by atoms with Crippen molar-refractivity contribution in [1.82, 2.24) is 10.5 Å². The number of methoxy groups -OCH3 is 6. The van der Waals surface area contributed by atoms with Gasteiger partial charge in [-0.3, -0.25) is 5.32 Å². The van der Waals surface area contributed by atoms with Gasteiger partial charge < -0.3 is 47.7 Å². The Balaban J connectivity index is 0.872. The molecule has 57 heavy (non-hydrogen) atoms. The van der Waals surface area contributed by atoms with Crippen molar-refractivity contribution < 1.29 is 42.4 Å². The number of ether oxygens (including phenoxy) is 8. The maximum atomic E-state index is 6.19. The smallest absolute Gasteiger partial charge is 0.203 e. The summed E-state index contributed by atoms with van der Waals surface area (Å²) in [6.45, 7) is 2.02. The van der Waals surface area contributed by atoms with Gasteiger partial charge in [0.2, 0.25) is 5.75 Å². The van der Waals surface area contributed by atoms with Crippen LogP contribution in [0.5, 0.6) is 46.0 Å². The summed E-state index contributed by atoms with van der Waals surface area (Å²) in [6, 6.07) is 23.5. The average Bonchev–Trinajstić information content (AvgIpc) is 3.76. The van der Waals surface area contributed by atoms with E-state index in [4.69, 9.17) is 42.4 Å². The fourth-order valence-electron chi connectivity index (χ4n) is 6.94. The van der Waals surface area contributed by atoms with Gasteiger partial charge in [-0.1, -0.05) is 49.7 Å². The predicted octanol–water partition coefficient (Wildman–Crippen LogP) is 9.85. The van der Waals surface area contributed by atoms with Gasteiger partial charge >= 0.3 is 0 Å². The van der Waals surface area contributed by atoms with E-state index in [0.717, 1.165) is 71.9 Å². The third-order valence-corrected chi connectivity index (χ3v) is 10.1. The zero-order valence-electron chi connectivity index (χ0n) is 33.9. The topological polar surface area (TPSA) is 124 Å². The van der Waals surface area contributed by atoms with Crippen molar-refractivity contribution in [3.63, 3.8) is 0 Å². The number of nitrogens with zero attached hydrogens (tertiary/aromatic N) is 1. The highest BCUT2D eigenvalue weighted by molar-refractivity contribution is 5.72. The van der Waals surface area contributed by atoms with Crippen molar-refractivity contribution in [2.75, 3.05) is 61.2 Å². The molecule has 2 N–H and O–H groups in total. The molecule has 12 heteroatoms. The zero-order valence-corrected chi connectivity index (χ0v) is 33.9. The maximum absolute atomic E-state index is 6.19. The molecule has 1 aromatic heterocycles. The van der Waals surface area contributed by atoms with E-state index in [1.807, 2.05) is 54.6 Å². The van der Waals surface area contributed by atoms with Gasteiger partial charge in [-0.2, -0.15) is 0 Å². The number of unbranched alkanes of at least 4 members (excludes halogenated alkanes) is 7. The van der Waals surface area contributed by atoms with E-state index >= 15 is 0 Å². The molecular formula is C45H55N3O9. The molecule has 12 nitrogen and oxygen atoms in total. The average molecular weight is 782 g/mol. The van der Waals surface area contributed by atoms with Crippen LogP contribution in [0.1, 0.15) is 68.7 Å². The van der Waals surface area contributed by atoms with Crippen LogP contribution in [0.25, 0.3) is 22.6 Å². The summed E-state index contributed by atoms with van der Waals surface area (Å²) in [6.07, 6.45) is 8.97. The standard InChI is InChI=1S/C45H55N3O9/c1-49-34-17-18-35-33(23-34)29-46-45(47-35)31-16-20-38(40(25-31)51-3)55-21-13-11-9-7-8-10-12-14-22-56-41-24-30(15-19-37(41)50-2)36-28-39(57-48-36)32-26-42(52-4)44(54-6)43(27-32)53-5/h15-20,23-28,45-47H,7-14,21-22,29H2,1-6H3. The van der Waals surface area contributed by atoms with Gasteiger partial charge in [-0.15, -0.1) is 0 Å². The molecule has 1 aliphatic rings. The number of fused-ring (bicyclic) bond motifs is 1. The lowest BCUT2D eigenvalue weighted by Gasteiger charge is -2.29. The SMILES string of the molecule is COc1ccc2c(c1)CNC(c1ccc(OCCCCCCCCCCOc3cc(-c4cc(-c5cc(OC)c(OC)c(OC)c5)on4)ccc3OC)c(OC)c1)N2. The summed E-state index contributed by atoms with van der Waals surface area (Å²) >= 11 is 0. The maximum Gasteiger partial charge on any atom is 0.203 e. The van der Waals surface area contributed by atoms with Crippen LogP contribution in [-0.4, -0.2) is 61.0 Å². The first-order valence-corrected chi connectivity index (χ1v) is 19.5. The number of nitrogens with one attached hydrogen (secondary N) is 2. The van der Waals surface area contributed by atoms with Crippen LogP contribution in [0.15, 0.2) is 77.3 Å². The predicted molar refractivity (Wildman–Crippen MR) is 221 cm³/mol. The first kappa shape index (κ1) is 40.9. The van der Waals surface area contributed by atoms with Crippen LogP contribution in [0.3, 0.4) is 0 Å². The zero-order chi connectivity index (χ0) is 40.0. The van der Waals surface area contributed by atoms with Gasteiger partial charge in [-0.05, 0) is 84.6 Å². The molecule has 0 aliphatic carbocycles. The number of anilines is 1. The summed E-state index contributed by atoms with van der Waals surface area (Å²) in [4.78, 5) is 0. The van der Waals surface area contributed by atoms with Crippen molar-refractivity contribution in [3.8, 4) is 68.6 Å². The van der Waals surface area contributed by atoms with Crippen LogP contribution < -0.4 is 48.5 Å². The fourth-order valence-corrected chi connectivity index (χ4v) is 6.94. The minimum Gasteiger partial charge on any atom is -0.497 e. The highest BCUT2D eigenvalue weighted by Gasteiger charge is 2.21. The van der Waals surface area contributed by atoms with E-state index in [0.29, 0.717) is 53.4 Å². The Kier molecular flexibility index (Phi) is 14.7. The Morgan fingerprint density at radius 2 is 1.19 bits per heavy atom. The van der Waals surface area contributed by atoms with Gasteiger partial charge in [0.1, 0.15) is 17.6 Å². The van der Waals surface area contributed by atoms with Gasteiger partial charge in [0.15, 0.2) is 40.3 Å². The molecule has 304 valence electrons. The van der Waals surface area contributed by atoms with E-state index in [2.05, 4.69) is 34.0 Å². The van der Waals surface area contributed by atoms with Crippen LogP contribution >= 0.6 is 0 Å². The summed E-state index contributed by atoms with van der Waals surface area (Å²) < 4.78 is 51.1. The molecule has 2 heterocycles. The minimum absolute atomic E-state index is 0.0214. The number of hydrogen-bond donors (Lipinski definition) is 2. The second kappa shape index (κ2) is 20.4. The van der Waals surface area contributed by atoms with E-state index in [-0.39, 0.29) is 6.17 Å². The van der Waals surface area contributed by atoms with Gasteiger partial charge in [0.05, 0.1) is 55.9 Å². The lowest BCUT2D eigenvalue weighted by molar-refractivity contribution is 0.282. The van der Waals surface area contributed by atoms with E-state index in [9.17, 15) is 0 Å². The number of rotatable bonds is 22. The third kappa shape index (κ3) is 10.4. The number of benzene rings is 4. The molecular weight excluding hydrogens is 727 g/mol. The molecule has 6 rings (SSSR count). The Labute approximate surface area is 335 Å². The quantitative estimate of drug-likeness (QED) is 0.0650. The van der Waals surface area contributed by atoms with Crippen LogP contribution in [0.4, 0.5) is 5.69 Å². The molecule has 0 fully saturated rings. The Hall–Kier alpha value is -5.75. The van der Waals surface area contributed by atoms with Crippen LogP contribution in [0, 0.1) is 0 Å². The largest absolute Gasteiger partial charge is 0.497 e. The molecule has 1 atom stereocenters. The van der Waals surface area contributed by atoms with E-state index < -0.39 is 0 Å². The summed E-state index contributed by atoms with van der Waals surface area (Å²) in [5.41, 5.74) is 5.65. The lowest BCUT2D eigenvalue weighted by atomic mass is 10.1. The molecule has 0 saturated carbocycles. The first-order valence-electron chi connectivity index (χ1n) is 19.5.